The Kier molecular flexibility index (Phi) is 4.07. The summed E-state index contributed by atoms with van der Waals surface area (Å²) < 4.78 is 0. The van der Waals surface area contributed by atoms with Gasteiger partial charge in [0.25, 0.3) is 5.91 Å². The molecule has 0 aromatic heterocycles. The molecule has 16 heavy (non-hydrogen) atoms. The van der Waals surface area contributed by atoms with Crippen molar-refractivity contribution < 1.29 is 4.79 Å². The molecule has 1 aromatic rings. The minimum atomic E-state index is -0.743. The van der Waals surface area contributed by atoms with E-state index in [1.165, 1.54) is 0 Å². The molecule has 3 nitrogen and oxygen atoms in total. The Bertz CT molecular complexity index is 388. The van der Waals surface area contributed by atoms with Crippen LogP contribution in [0.25, 0.3) is 0 Å². The zero-order valence-corrected chi connectivity index (χ0v) is 9.66. The first kappa shape index (κ1) is 12.3. The van der Waals surface area contributed by atoms with Gasteiger partial charge >= 0.3 is 0 Å². The Morgan fingerprint density at radius 2 is 1.88 bits per heavy atom. The van der Waals surface area contributed by atoms with E-state index in [0.29, 0.717) is 18.4 Å². The molecule has 0 saturated heterocycles. The smallest absolute Gasteiger partial charge is 0.252 e. The van der Waals surface area contributed by atoms with E-state index in [-0.39, 0.29) is 5.91 Å². The Hall–Kier alpha value is -1.82. The third-order valence-corrected chi connectivity index (χ3v) is 2.81. The maximum Gasteiger partial charge on any atom is 0.252 e. The molecule has 3 heteroatoms. The second-order valence-electron chi connectivity index (χ2n) is 3.72. The summed E-state index contributed by atoms with van der Waals surface area (Å²) in [6, 6.07) is 11.1. The third-order valence-electron chi connectivity index (χ3n) is 2.81. The molecule has 0 fully saturated rings. The second-order valence-corrected chi connectivity index (χ2v) is 3.72. The van der Waals surface area contributed by atoms with Gasteiger partial charge in [-0.2, -0.15) is 5.26 Å². The Labute approximate surface area is 96.1 Å². The summed E-state index contributed by atoms with van der Waals surface area (Å²) in [6.07, 6.45) is 1.22. The van der Waals surface area contributed by atoms with Gasteiger partial charge in [0.2, 0.25) is 0 Å². The molecule has 0 radical (unpaired) electrons. The molecule has 0 atom stereocenters. The highest BCUT2D eigenvalue weighted by atomic mass is 16.1. The molecule has 84 valence electrons. The van der Waals surface area contributed by atoms with E-state index in [2.05, 4.69) is 11.4 Å². The van der Waals surface area contributed by atoms with E-state index in [9.17, 15) is 4.79 Å². The van der Waals surface area contributed by atoms with Crippen molar-refractivity contribution in [1.29, 1.82) is 5.26 Å². The molecule has 0 aliphatic heterocycles. The van der Waals surface area contributed by atoms with Crippen molar-refractivity contribution in [2.75, 3.05) is 0 Å². The molecule has 0 bridgehead atoms. The molecule has 1 rings (SSSR count). The molecule has 1 amide bonds. The van der Waals surface area contributed by atoms with Crippen molar-refractivity contribution in [2.45, 2.75) is 32.2 Å². The lowest BCUT2D eigenvalue weighted by Gasteiger charge is -2.24. The number of nitrogens with zero attached hydrogens (tertiary/aromatic N) is 1. The average molecular weight is 216 g/mol. The number of benzene rings is 1. The average Bonchev–Trinajstić information content (AvgIpc) is 2.37. The summed E-state index contributed by atoms with van der Waals surface area (Å²) in [4.78, 5) is 11.9. The van der Waals surface area contributed by atoms with E-state index in [1.807, 2.05) is 19.9 Å². The summed E-state index contributed by atoms with van der Waals surface area (Å²) in [5, 5.41) is 11.9. The predicted octanol–water partition coefficient (Wildman–Crippen LogP) is 2.50. The molecule has 1 N–H and O–H groups in total. The summed E-state index contributed by atoms with van der Waals surface area (Å²) in [7, 11) is 0. The summed E-state index contributed by atoms with van der Waals surface area (Å²) in [5.74, 6) is -0.189. The number of rotatable bonds is 4. The number of carbonyl (C=O) groups excluding carboxylic acids is 1. The van der Waals surface area contributed by atoms with Crippen LogP contribution in [0, 0.1) is 11.3 Å². The minimum absolute atomic E-state index is 0.189. The van der Waals surface area contributed by atoms with Crippen molar-refractivity contribution in [2.24, 2.45) is 0 Å². The van der Waals surface area contributed by atoms with Gasteiger partial charge in [0.1, 0.15) is 5.54 Å². The Morgan fingerprint density at radius 1 is 1.31 bits per heavy atom. The Morgan fingerprint density at radius 3 is 2.31 bits per heavy atom. The molecule has 0 aliphatic carbocycles. The van der Waals surface area contributed by atoms with E-state index >= 15 is 0 Å². The van der Waals surface area contributed by atoms with Crippen molar-refractivity contribution in [3.8, 4) is 6.07 Å². The summed E-state index contributed by atoms with van der Waals surface area (Å²) >= 11 is 0. The number of nitrogens with one attached hydrogen (secondary N) is 1. The van der Waals surface area contributed by atoms with Gasteiger partial charge < -0.3 is 5.32 Å². The maximum absolute atomic E-state index is 11.9. The van der Waals surface area contributed by atoms with Crippen molar-refractivity contribution >= 4 is 5.91 Å². The maximum atomic E-state index is 11.9. The highest BCUT2D eigenvalue weighted by Gasteiger charge is 2.27. The van der Waals surface area contributed by atoms with Gasteiger partial charge in [-0.25, -0.2) is 0 Å². The first-order valence-corrected chi connectivity index (χ1v) is 5.46. The van der Waals surface area contributed by atoms with Crippen LogP contribution in [0.5, 0.6) is 0 Å². The van der Waals surface area contributed by atoms with Crippen LogP contribution in [-0.4, -0.2) is 11.4 Å². The standard InChI is InChI=1S/C13H16N2O/c1-3-13(4-2,10-14)15-12(16)11-8-6-5-7-9-11/h5-9H,3-4H2,1-2H3,(H,15,16). The van der Waals surface area contributed by atoms with Crippen molar-refractivity contribution in [3.05, 3.63) is 35.9 Å². The van der Waals surface area contributed by atoms with Gasteiger partial charge in [-0.3, -0.25) is 4.79 Å². The fourth-order valence-corrected chi connectivity index (χ4v) is 1.49. The van der Waals surface area contributed by atoms with Gasteiger partial charge in [0.05, 0.1) is 6.07 Å². The normalized spacial score (nSPS) is 10.6. The molecule has 0 heterocycles. The topological polar surface area (TPSA) is 52.9 Å². The highest BCUT2D eigenvalue weighted by molar-refractivity contribution is 5.94. The van der Waals surface area contributed by atoms with Gasteiger partial charge in [-0.05, 0) is 25.0 Å². The molecular weight excluding hydrogens is 200 g/mol. The number of hydrogen-bond donors (Lipinski definition) is 1. The van der Waals surface area contributed by atoms with Gasteiger partial charge in [-0.15, -0.1) is 0 Å². The van der Waals surface area contributed by atoms with Crippen LogP contribution in [0.1, 0.15) is 37.0 Å². The zero-order valence-electron chi connectivity index (χ0n) is 9.66. The van der Waals surface area contributed by atoms with Crippen LogP contribution in [0.4, 0.5) is 0 Å². The number of carbonyl (C=O) groups is 1. The van der Waals surface area contributed by atoms with E-state index in [1.54, 1.807) is 24.3 Å². The lowest BCUT2D eigenvalue weighted by molar-refractivity contribution is 0.0915. The van der Waals surface area contributed by atoms with E-state index < -0.39 is 5.54 Å². The molecule has 0 spiro atoms. The fraction of sp³-hybridized carbons (Fsp3) is 0.385. The predicted molar refractivity (Wildman–Crippen MR) is 62.8 cm³/mol. The van der Waals surface area contributed by atoms with Crippen LogP contribution < -0.4 is 5.32 Å². The molecular formula is C13H16N2O. The first-order chi connectivity index (χ1) is 7.67. The largest absolute Gasteiger partial charge is 0.334 e. The molecule has 0 saturated carbocycles. The summed E-state index contributed by atoms with van der Waals surface area (Å²) in [5.41, 5.74) is -0.156. The lowest BCUT2D eigenvalue weighted by Crippen LogP contribution is -2.46. The van der Waals surface area contributed by atoms with Crippen molar-refractivity contribution in [3.63, 3.8) is 0 Å². The van der Waals surface area contributed by atoms with E-state index in [4.69, 9.17) is 5.26 Å². The van der Waals surface area contributed by atoms with Crippen molar-refractivity contribution in [1.82, 2.24) is 5.32 Å². The number of amides is 1. The fourth-order valence-electron chi connectivity index (χ4n) is 1.49. The van der Waals surface area contributed by atoms with E-state index in [0.717, 1.165) is 0 Å². The molecule has 0 unspecified atom stereocenters. The van der Waals surface area contributed by atoms with Crippen LogP contribution in [0.2, 0.25) is 0 Å². The first-order valence-electron chi connectivity index (χ1n) is 5.46. The molecule has 0 aliphatic rings. The van der Waals surface area contributed by atoms with Gasteiger partial charge in [0, 0.05) is 5.56 Å². The van der Waals surface area contributed by atoms with Gasteiger partial charge in [-0.1, -0.05) is 32.0 Å². The lowest BCUT2D eigenvalue weighted by atomic mass is 9.94. The SMILES string of the molecule is CCC(C#N)(CC)NC(=O)c1ccccc1. The number of hydrogen-bond acceptors (Lipinski definition) is 2. The number of nitriles is 1. The van der Waals surface area contributed by atoms with Gasteiger partial charge in [0.15, 0.2) is 0 Å². The quantitative estimate of drug-likeness (QED) is 0.840. The highest BCUT2D eigenvalue weighted by Crippen LogP contribution is 2.14. The second kappa shape index (κ2) is 5.32. The monoisotopic (exact) mass is 216 g/mol. The van der Waals surface area contributed by atoms with Crippen LogP contribution in [0.3, 0.4) is 0 Å². The minimum Gasteiger partial charge on any atom is -0.334 e. The van der Waals surface area contributed by atoms with Crippen LogP contribution in [0.15, 0.2) is 30.3 Å². The van der Waals surface area contributed by atoms with Crippen LogP contribution >= 0.6 is 0 Å². The molecule has 1 aromatic carbocycles. The zero-order chi connectivity index (χ0) is 12.0. The summed E-state index contributed by atoms with van der Waals surface area (Å²) in [6.45, 7) is 3.80. The Balaban J connectivity index is 2.82. The van der Waals surface area contributed by atoms with Crippen LogP contribution in [-0.2, 0) is 0 Å². The third kappa shape index (κ3) is 2.60.